The van der Waals surface area contributed by atoms with Crippen LogP contribution in [0.1, 0.15) is 13.8 Å². The second-order valence-electron chi connectivity index (χ2n) is 3.80. The molecular weight excluding hydrogens is 276 g/mol. The van der Waals surface area contributed by atoms with Gasteiger partial charge in [-0.2, -0.15) is 0 Å². The number of hydrogen-bond donors (Lipinski definition) is 6. The number of carboxylic acids is 2. The monoisotopic (exact) mass is 296 g/mol. The van der Waals surface area contributed by atoms with Crippen LogP contribution in [0.3, 0.4) is 0 Å². The summed E-state index contributed by atoms with van der Waals surface area (Å²) in [7, 11) is 1.11. The summed E-state index contributed by atoms with van der Waals surface area (Å²) in [6.07, 6.45) is -3.03. The van der Waals surface area contributed by atoms with Crippen molar-refractivity contribution in [2.24, 2.45) is 5.73 Å². The first-order chi connectivity index (χ1) is 9.04. The number of methoxy groups -OCH3 is 1. The largest absolute Gasteiger partial charge is 0.480 e. The number of aliphatic hydroxyl groups excluding tert-OH is 2. The maximum atomic E-state index is 10.5. The van der Waals surface area contributed by atoms with Gasteiger partial charge in [-0.05, 0) is 13.8 Å². The summed E-state index contributed by atoms with van der Waals surface area (Å²) in [5.41, 5.74) is 4.91. The smallest absolute Gasteiger partial charge is 0.407 e. The normalized spacial score (nSPS) is 15.7. The third kappa shape index (κ3) is 9.08. The number of rotatable bonds is 5. The molecule has 7 N–H and O–H groups in total. The van der Waals surface area contributed by atoms with Crippen LogP contribution in [0.15, 0.2) is 0 Å². The summed E-state index contributed by atoms with van der Waals surface area (Å²) in [5.74, 6) is -2.49. The van der Waals surface area contributed by atoms with Gasteiger partial charge < -0.3 is 36.2 Å². The van der Waals surface area contributed by atoms with E-state index in [0.717, 1.165) is 7.11 Å². The Morgan fingerprint density at radius 3 is 1.65 bits per heavy atom. The molecule has 0 aromatic carbocycles. The molecule has 0 rings (SSSR count). The standard InChI is InChI=1S/C6H11NO5.C4H9NO3/c1-3(8)4(5(9)10)7-6(11)12-2;1-2(6)3(5)4(7)8/h3-4,8H,1-2H3,(H,7,11)(H,9,10);2-3,6H,5H2,1H3,(H,7,8)/t3-,4-;2-,3-/m00/s1. The minimum absolute atomic E-state index is 0.886. The predicted octanol–water partition coefficient (Wildman–Crippen LogP) is -2.04. The number of aliphatic hydroxyl groups is 2. The van der Waals surface area contributed by atoms with Gasteiger partial charge in [0.05, 0.1) is 19.3 Å². The quantitative estimate of drug-likeness (QED) is 0.333. The topological polar surface area (TPSA) is 179 Å². The molecule has 1 amide bonds. The van der Waals surface area contributed by atoms with Crippen molar-refractivity contribution in [2.75, 3.05) is 7.11 Å². The number of carbonyl (C=O) groups excluding carboxylic acids is 1. The van der Waals surface area contributed by atoms with Gasteiger partial charge >= 0.3 is 18.0 Å². The number of carbonyl (C=O) groups is 3. The van der Waals surface area contributed by atoms with Crippen molar-refractivity contribution in [3.8, 4) is 0 Å². The van der Waals surface area contributed by atoms with E-state index in [1.54, 1.807) is 0 Å². The fourth-order valence-electron chi connectivity index (χ4n) is 0.781. The SMILES string of the molecule is COC(=O)N[C@H](C(=O)O)[C@H](C)O.C[C@H](O)[C@H](N)C(=O)O. The van der Waals surface area contributed by atoms with Crippen LogP contribution < -0.4 is 11.1 Å². The number of nitrogens with one attached hydrogen (secondary N) is 1. The van der Waals surface area contributed by atoms with Crippen LogP contribution in [0.4, 0.5) is 4.79 Å². The molecule has 10 nitrogen and oxygen atoms in total. The zero-order valence-corrected chi connectivity index (χ0v) is 11.3. The van der Waals surface area contributed by atoms with Gasteiger partial charge in [0.25, 0.3) is 0 Å². The number of aliphatic carboxylic acids is 2. The summed E-state index contributed by atoms with van der Waals surface area (Å²) in [5, 5.41) is 35.8. The van der Waals surface area contributed by atoms with E-state index in [1.807, 2.05) is 5.32 Å². The van der Waals surface area contributed by atoms with Crippen molar-refractivity contribution in [1.29, 1.82) is 0 Å². The second kappa shape index (κ2) is 9.95. The molecule has 20 heavy (non-hydrogen) atoms. The van der Waals surface area contributed by atoms with Crippen molar-refractivity contribution in [3.05, 3.63) is 0 Å². The predicted molar refractivity (Wildman–Crippen MR) is 65.9 cm³/mol. The van der Waals surface area contributed by atoms with Gasteiger partial charge in [0.1, 0.15) is 6.04 Å². The first-order valence-electron chi connectivity index (χ1n) is 5.46. The van der Waals surface area contributed by atoms with E-state index in [1.165, 1.54) is 13.8 Å². The molecule has 0 heterocycles. The van der Waals surface area contributed by atoms with Crippen LogP contribution in [0, 0.1) is 0 Å². The molecule has 10 heteroatoms. The molecule has 0 aliphatic carbocycles. The highest BCUT2D eigenvalue weighted by atomic mass is 16.5. The molecule has 0 radical (unpaired) electrons. The van der Waals surface area contributed by atoms with Crippen molar-refractivity contribution >= 4 is 18.0 Å². The Labute approximate surface area is 115 Å². The number of alkyl carbamates (subject to hydrolysis) is 1. The molecule has 0 bridgehead atoms. The van der Waals surface area contributed by atoms with E-state index < -0.39 is 42.3 Å². The van der Waals surface area contributed by atoms with Crippen LogP contribution in [-0.4, -0.2) is 69.9 Å². The van der Waals surface area contributed by atoms with Gasteiger partial charge in [0.2, 0.25) is 0 Å². The Hall–Kier alpha value is -1.91. The lowest BCUT2D eigenvalue weighted by molar-refractivity contribution is -0.142. The Balaban J connectivity index is 0. The van der Waals surface area contributed by atoms with Crippen molar-refractivity contribution in [1.82, 2.24) is 5.32 Å². The van der Waals surface area contributed by atoms with Crippen molar-refractivity contribution in [3.63, 3.8) is 0 Å². The lowest BCUT2D eigenvalue weighted by atomic mass is 10.2. The van der Waals surface area contributed by atoms with Crippen LogP contribution in [-0.2, 0) is 14.3 Å². The summed E-state index contributed by atoms with van der Waals surface area (Å²) >= 11 is 0. The third-order valence-corrected chi connectivity index (χ3v) is 2.01. The molecule has 4 atom stereocenters. The summed E-state index contributed by atoms with van der Waals surface area (Å²) in [4.78, 5) is 30.7. The zero-order chi connectivity index (χ0) is 16.5. The first-order valence-corrected chi connectivity index (χ1v) is 5.46. The van der Waals surface area contributed by atoms with E-state index >= 15 is 0 Å². The third-order valence-electron chi connectivity index (χ3n) is 2.01. The maximum absolute atomic E-state index is 10.5. The fourth-order valence-corrected chi connectivity index (χ4v) is 0.781. The number of hydrogen-bond acceptors (Lipinski definition) is 7. The molecule has 0 spiro atoms. The van der Waals surface area contributed by atoms with E-state index in [2.05, 4.69) is 4.74 Å². The molecule has 0 saturated heterocycles. The molecule has 0 aliphatic rings. The van der Waals surface area contributed by atoms with Gasteiger partial charge in [-0.1, -0.05) is 0 Å². The first kappa shape index (κ1) is 20.4. The van der Waals surface area contributed by atoms with Crippen LogP contribution in [0.5, 0.6) is 0 Å². The van der Waals surface area contributed by atoms with Gasteiger partial charge in [0, 0.05) is 0 Å². The van der Waals surface area contributed by atoms with Gasteiger partial charge in [-0.15, -0.1) is 0 Å². The van der Waals surface area contributed by atoms with E-state index in [4.69, 9.17) is 26.2 Å². The molecule has 0 aromatic heterocycles. The highest BCUT2D eigenvalue weighted by Gasteiger charge is 2.24. The van der Waals surface area contributed by atoms with Crippen LogP contribution in [0.2, 0.25) is 0 Å². The molecule has 0 unspecified atom stereocenters. The van der Waals surface area contributed by atoms with Gasteiger partial charge in [0.15, 0.2) is 6.04 Å². The summed E-state index contributed by atoms with van der Waals surface area (Å²) < 4.78 is 4.16. The molecule has 0 fully saturated rings. The number of amides is 1. The Morgan fingerprint density at radius 2 is 1.50 bits per heavy atom. The average Bonchev–Trinajstić information content (AvgIpc) is 2.34. The van der Waals surface area contributed by atoms with Crippen molar-refractivity contribution in [2.45, 2.75) is 38.1 Å². The minimum atomic E-state index is -1.34. The number of nitrogens with two attached hydrogens (primary N) is 1. The van der Waals surface area contributed by atoms with Crippen LogP contribution in [0.25, 0.3) is 0 Å². The summed E-state index contributed by atoms with van der Waals surface area (Å²) in [6.45, 7) is 2.59. The fraction of sp³-hybridized carbons (Fsp3) is 0.700. The molecule has 0 saturated carbocycles. The molecule has 0 aromatic rings. The number of ether oxygens (including phenoxy) is 1. The average molecular weight is 296 g/mol. The van der Waals surface area contributed by atoms with E-state index in [0.29, 0.717) is 0 Å². The highest BCUT2D eigenvalue weighted by molar-refractivity contribution is 5.80. The lowest BCUT2D eigenvalue weighted by Gasteiger charge is -2.15. The molecule has 118 valence electrons. The Kier molecular flexibility index (Phi) is 10.2. The van der Waals surface area contributed by atoms with Crippen LogP contribution >= 0.6 is 0 Å². The Morgan fingerprint density at radius 1 is 1.05 bits per heavy atom. The highest BCUT2D eigenvalue weighted by Crippen LogP contribution is 1.93. The molecule has 0 aliphatic heterocycles. The van der Waals surface area contributed by atoms with Gasteiger partial charge in [-0.3, -0.25) is 4.79 Å². The lowest BCUT2D eigenvalue weighted by Crippen LogP contribution is -2.47. The second-order valence-corrected chi connectivity index (χ2v) is 3.80. The Bertz CT molecular complexity index is 331. The van der Waals surface area contributed by atoms with E-state index in [9.17, 15) is 14.4 Å². The minimum Gasteiger partial charge on any atom is -0.480 e. The zero-order valence-electron chi connectivity index (χ0n) is 11.3. The van der Waals surface area contributed by atoms with Gasteiger partial charge in [-0.25, -0.2) is 9.59 Å². The van der Waals surface area contributed by atoms with Crippen molar-refractivity contribution < 1.29 is 39.5 Å². The van der Waals surface area contributed by atoms with E-state index in [-0.39, 0.29) is 0 Å². The summed E-state index contributed by atoms with van der Waals surface area (Å²) in [6, 6.07) is -2.49. The number of carboxylic acid groups (broad SMARTS) is 2. The molecular formula is C10H20N2O8. The maximum Gasteiger partial charge on any atom is 0.407 e.